The Hall–Kier alpha value is -6.85. The van der Waals surface area contributed by atoms with Crippen molar-refractivity contribution in [3.8, 4) is 51.0 Å². The molecule has 0 spiro atoms. The quantitative estimate of drug-likeness (QED) is 0.183. The Morgan fingerprint density at radius 3 is 1.76 bits per heavy atom. The molecule has 0 fully saturated rings. The summed E-state index contributed by atoms with van der Waals surface area (Å²) < 4.78 is 254. The van der Waals surface area contributed by atoms with Crippen LogP contribution >= 0.6 is 0 Å². The molecule has 0 atom stereocenters. The highest BCUT2D eigenvalue weighted by Crippen LogP contribution is 2.36. The van der Waals surface area contributed by atoms with Crippen LogP contribution in [0.2, 0.25) is 0 Å². The molecule has 50 heavy (non-hydrogen) atoms. The summed E-state index contributed by atoms with van der Waals surface area (Å²) in [7, 11) is 0. The standard InChI is InChI=1S/C45H28N4O/c1-3-12-29(13-4-1)31-23-25-40-38(27-31)35-18-7-9-20-39(35)49(40)34-17-11-16-32(26-34)44-46-43(30-14-5-2-6-15-30)47-45(48-44)33-22-24-37-36-19-8-10-21-41(36)50-42(37)28-33/h1-28H/i1D,2D,3D,4D,5D,6D,7D,8D,9D,10D,11D,12D,13D,14D,15D,16D,17D,18D,19D,20D,21D,22D,23D,24D,25D,26D,27D,28D. The minimum absolute atomic E-state index is 0.361. The lowest BCUT2D eigenvalue weighted by atomic mass is 10.0. The van der Waals surface area contributed by atoms with E-state index in [1.807, 2.05) is 0 Å². The third-order valence-corrected chi connectivity index (χ3v) is 7.43. The van der Waals surface area contributed by atoms with E-state index >= 15 is 0 Å². The Morgan fingerprint density at radius 2 is 0.960 bits per heavy atom. The Balaban J connectivity index is 1.37. The molecule has 0 unspecified atom stereocenters. The maximum absolute atomic E-state index is 9.84. The molecule has 0 aliphatic carbocycles. The fraction of sp³-hybridized carbons (Fsp3) is 0. The topological polar surface area (TPSA) is 56.7 Å². The molecule has 5 heteroatoms. The molecule has 0 N–H and O–H groups in total. The second-order valence-electron chi connectivity index (χ2n) is 10.3. The fourth-order valence-electron chi connectivity index (χ4n) is 5.28. The molecule has 3 aromatic heterocycles. The van der Waals surface area contributed by atoms with Gasteiger partial charge in [-0.15, -0.1) is 0 Å². The predicted octanol–water partition coefficient (Wildman–Crippen LogP) is 11.5. The zero-order valence-corrected chi connectivity index (χ0v) is 24.7. The van der Waals surface area contributed by atoms with Crippen LogP contribution in [-0.4, -0.2) is 19.5 Å². The van der Waals surface area contributed by atoms with Crippen molar-refractivity contribution >= 4 is 43.7 Å². The molecule has 234 valence electrons. The van der Waals surface area contributed by atoms with Crippen molar-refractivity contribution in [3.05, 3.63) is 169 Å². The van der Waals surface area contributed by atoms with Gasteiger partial charge in [0.15, 0.2) is 17.5 Å². The van der Waals surface area contributed by atoms with Crippen LogP contribution in [0.5, 0.6) is 0 Å². The number of benzene rings is 7. The summed E-state index contributed by atoms with van der Waals surface area (Å²) >= 11 is 0. The molecule has 0 aliphatic heterocycles. The van der Waals surface area contributed by atoms with E-state index < -0.39 is 259 Å². The van der Waals surface area contributed by atoms with Gasteiger partial charge >= 0.3 is 0 Å². The van der Waals surface area contributed by atoms with Crippen molar-refractivity contribution in [2.45, 2.75) is 0 Å². The number of para-hydroxylation sites is 2. The van der Waals surface area contributed by atoms with Gasteiger partial charge in [0.2, 0.25) is 0 Å². The number of aromatic nitrogens is 4. The maximum Gasteiger partial charge on any atom is 0.164 e. The first-order valence-electron chi connectivity index (χ1n) is 28.4. The van der Waals surface area contributed by atoms with E-state index in [0.717, 1.165) is 0 Å². The molecule has 5 nitrogen and oxygen atoms in total. The molecule has 0 saturated carbocycles. The number of nitrogens with zero attached hydrogens (tertiary/aromatic N) is 4. The van der Waals surface area contributed by atoms with Crippen LogP contribution in [0.3, 0.4) is 0 Å². The molecule has 3 heterocycles. The lowest BCUT2D eigenvalue weighted by Crippen LogP contribution is -2.01. The van der Waals surface area contributed by atoms with Crippen molar-refractivity contribution in [1.29, 1.82) is 0 Å². The van der Waals surface area contributed by atoms with Gasteiger partial charge in [-0.1, -0.05) is 121 Å². The molecule has 0 amide bonds. The Kier molecular flexibility index (Phi) is 2.72. The average Bonchev–Trinajstić information content (AvgIpc) is 4.22. The molecule has 0 aliphatic rings. The second kappa shape index (κ2) is 11.4. The molecule has 0 radical (unpaired) electrons. The maximum atomic E-state index is 9.84. The van der Waals surface area contributed by atoms with Gasteiger partial charge in [0.05, 0.1) is 49.4 Å². The van der Waals surface area contributed by atoms with Gasteiger partial charge in [0.25, 0.3) is 0 Å². The summed E-state index contributed by atoms with van der Waals surface area (Å²) in [5.41, 5.74) is -7.22. The van der Waals surface area contributed by atoms with E-state index in [0.29, 0.717) is 4.57 Å². The molecule has 10 aromatic rings. The highest BCUT2D eigenvalue weighted by molar-refractivity contribution is 6.10. The van der Waals surface area contributed by atoms with Crippen molar-refractivity contribution in [1.82, 2.24) is 19.5 Å². The van der Waals surface area contributed by atoms with Crippen molar-refractivity contribution < 1.29 is 42.8 Å². The normalized spacial score (nSPS) is 19.4. The summed E-state index contributed by atoms with van der Waals surface area (Å²) in [6, 6.07) is -25.2. The zero-order chi connectivity index (χ0) is 57.4. The zero-order valence-electron chi connectivity index (χ0n) is 52.7. The Bertz CT molecular complexity index is 4440. The molecule has 7 aromatic carbocycles. The van der Waals surface area contributed by atoms with Crippen LogP contribution in [-0.2, 0) is 0 Å². The molecular formula is C45H28N4O. The highest BCUT2D eigenvalue weighted by atomic mass is 16.3. The second-order valence-corrected chi connectivity index (χ2v) is 10.3. The summed E-state index contributed by atoms with van der Waals surface area (Å²) in [5.74, 6) is -2.65. The van der Waals surface area contributed by atoms with Crippen molar-refractivity contribution in [2.75, 3.05) is 0 Å². The van der Waals surface area contributed by atoms with Gasteiger partial charge in [-0.05, 0) is 59.5 Å². The van der Waals surface area contributed by atoms with Gasteiger partial charge in [0.1, 0.15) is 11.2 Å². The third kappa shape index (κ3) is 4.67. The van der Waals surface area contributed by atoms with Crippen LogP contribution in [0.15, 0.2) is 174 Å². The van der Waals surface area contributed by atoms with E-state index in [2.05, 4.69) is 15.0 Å². The summed E-state index contributed by atoms with van der Waals surface area (Å²) in [6.07, 6.45) is 0. The van der Waals surface area contributed by atoms with Gasteiger partial charge < -0.3 is 8.98 Å². The van der Waals surface area contributed by atoms with Crippen LogP contribution in [0, 0.1) is 0 Å². The van der Waals surface area contributed by atoms with Crippen molar-refractivity contribution in [3.63, 3.8) is 0 Å². The van der Waals surface area contributed by atoms with Gasteiger partial charge in [-0.2, -0.15) is 0 Å². The molecule has 10 rings (SSSR count). The largest absolute Gasteiger partial charge is 0.456 e. The molecule has 0 saturated heterocycles. The SMILES string of the molecule is [2H]c1c([2H])c([2H])c(-c2nc(-c3c([2H])c([2H])c([2H])c(-n4c5c([2H])c([2H])c([2H])c([2H])c5c5c([2H])c(-c6c([2H])c([2H])c([2H])c([2H])c6[2H])c([2H])c([2H])c54)c3[2H])nc(-c3c([2H])c([2H])c4c(oc5c([2H])c([2H])c([2H])c([2H])c54)c3[2H])n2)c([2H])c1[2H]. The monoisotopic (exact) mass is 668 g/mol. The number of hydrogen-bond donors (Lipinski definition) is 0. The first kappa shape index (κ1) is 11.9. The van der Waals surface area contributed by atoms with Gasteiger partial charge in [-0.25, -0.2) is 15.0 Å². The highest BCUT2D eigenvalue weighted by Gasteiger charge is 2.17. The van der Waals surface area contributed by atoms with E-state index in [1.165, 1.54) is 0 Å². The van der Waals surface area contributed by atoms with E-state index in [9.17, 15) is 11.0 Å². The summed E-state index contributed by atoms with van der Waals surface area (Å²) in [6.45, 7) is 0. The number of rotatable bonds is 5. The first-order valence-corrected chi connectivity index (χ1v) is 14.4. The van der Waals surface area contributed by atoms with Gasteiger partial charge in [-0.3, -0.25) is 0 Å². The van der Waals surface area contributed by atoms with Crippen LogP contribution in [0.1, 0.15) is 38.4 Å². The van der Waals surface area contributed by atoms with Crippen LogP contribution in [0.4, 0.5) is 0 Å². The van der Waals surface area contributed by atoms with Crippen LogP contribution in [0.25, 0.3) is 94.7 Å². The molecule has 0 bridgehead atoms. The summed E-state index contributed by atoms with van der Waals surface area (Å²) in [4.78, 5) is 13.0. The smallest absolute Gasteiger partial charge is 0.164 e. The minimum atomic E-state index is -1.09. The Labute approximate surface area is 327 Å². The third-order valence-electron chi connectivity index (χ3n) is 7.43. The number of fused-ring (bicyclic) bond motifs is 6. The fourth-order valence-corrected chi connectivity index (χ4v) is 5.28. The number of hydrogen-bond acceptors (Lipinski definition) is 4. The lowest BCUT2D eigenvalue weighted by Gasteiger charge is -2.12. The number of furan rings is 1. The van der Waals surface area contributed by atoms with E-state index in [-0.39, 0.29) is 5.39 Å². The molecular weight excluding hydrogens is 613 g/mol. The summed E-state index contributed by atoms with van der Waals surface area (Å²) in [5, 5.41) is -1.97. The minimum Gasteiger partial charge on any atom is -0.456 e. The average molecular weight is 669 g/mol. The van der Waals surface area contributed by atoms with E-state index in [4.69, 9.17) is 31.8 Å². The Morgan fingerprint density at radius 1 is 0.380 bits per heavy atom. The van der Waals surface area contributed by atoms with Gasteiger partial charge in [0, 0.05) is 43.9 Å². The van der Waals surface area contributed by atoms with E-state index in [1.54, 1.807) is 0 Å². The predicted molar refractivity (Wildman–Crippen MR) is 203 cm³/mol. The van der Waals surface area contributed by atoms with Crippen molar-refractivity contribution in [2.24, 2.45) is 0 Å². The first-order chi connectivity index (χ1) is 36.4. The lowest BCUT2D eigenvalue weighted by molar-refractivity contribution is 0.669. The van der Waals surface area contributed by atoms with Crippen LogP contribution < -0.4 is 0 Å².